The van der Waals surface area contributed by atoms with Gasteiger partial charge in [-0.25, -0.2) is 4.98 Å². The van der Waals surface area contributed by atoms with Crippen LogP contribution in [0, 0.1) is 6.92 Å². The van der Waals surface area contributed by atoms with Gasteiger partial charge in [0.1, 0.15) is 11.4 Å². The Morgan fingerprint density at radius 1 is 1.20 bits per heavy atom. The largest absolute Gasteiger partial charge is 0.368 e. The Morgan fingerprint density at radius 3 is 2.52 bits per heavy atom. The number of anilines is 1. The molecule has 0 saturated carbocycles. The maximum atomic E-state index is 13.0. The number of ether oxygens (including phenoxy) is 1. The Bertz CT molecular complexity index is 554. The van der Waals surface area contributed by atoms with Crippen molar-refractivity contribution in [2.24, 2.45) is 0 Å². The third-order valence-corrected chi connectivity index (χ3v) is 5.63. The SMILES string of the molecule is COC1(C(=O)N2CCCN(c3nc(C)ns3)CC2)CCNCC1.Cl.Cl. The number of hydrogen-bond acceptors (Lipinski definition) is 7. The summed E-state index contributed by atoms with van der Waals surface area (Å²) in [5, 5.41) is 4.26. The second-order valence-corrected chi connectivity index (χ2v) is 6.94. The molecule has 3 heterocycles. The van der Waals surface area contributed by atoms with E-state index in [0.29, 0.717) is 0 Å². The van der Waals surface area contributed by atoms with Crippen LogP contribution in [0.1, 0.15) is 25.1 Å². The Hall–Kier alpha value is -0.670. The number of rotatable bonds is 3. The van der Waals surface area contributed by atoms with Gasteiger partial charge in [-0.3, -0.25) is 4.79 Å². The van der Waals surface area contributed by atoms with E-state index in [-0.39, 0.29) is 30.7 Å². The highest BCUT2D eigenvalue weighted by atomic mass is 35.5. The Balaban J connectivity index is 0.00000156. The van der Waals surface area contributed by atoms with E-state index in [0.717, 1.165) is 69.5 Å². The summed E-state index contributed by atoms with van der Waals surface area (Å²) >= 11 is 1.44. The van der Waals surface area contributed by atoms with Crippen molar-refractivity contribution < 1.29 is 9.53 Å². The predicted molar refractivity (Wildman–Crippen MR) is 104 cm³/mol. The van der Waals surface area contributed by atoms with Gasteiger partial charge in [-0.15, -0.1) is 24.8 Å². The number of nitrogens with one attached hydrogen (secondary N) is 1. The average molecular weight is 412 g/mol. The number of carbonyl (C=O) groups is 1. The number of halogens is 2. The van der Waals surface area contributed by atoms with E-state index in [1.807, 2.05) is 11.8 Å². The molecular formula is C15H27Cl2N5O2S. The summed E-state index contributed by atoms with van der Waals surface area (Å²) in [6.07, 6.45) is 2.44. The minimum Gasteiger partial charge on any atom is -0.368 e. The molecule has 10 heteroatoms. The minimum absolute atomic E-state index is 0. The van der Waals surface area contributed by atoms with Crippen LogP contribution in [0.2, 0.25) is 0 Å². The molecule has 25 heavy (non-hydrogen) atoms. The van der Waals surface area contributed by atoms with Gasteiger partial charge in [0.05, 0.1) is 0 Å². The maximum absolute atomic E-state index is 13.0. The summed E-state index contributed by atoms with van der Waals surface area (Å²) in [6, 6.07) is 0. The van der Waals surface area contributed by atoms with Crippen LogP contribution in [0.25, 0.3) is 0 Å². The van der Waals surface area contributed by atoms with Crippen LogP contribution in [0.4, 0.5) is 5.13 Å². The highest BCUT2D eigenvalue weighted by Crippen LogP contribution is 2.26. The molecule has 1 amide bonds. The predicted octanol–water partition coefficient (Wildman–Crippen LogP) is 1.50. The van der Waals surface area contributed by atoms with Crippen LogP contribution >= 0.6 is 36.3 Å². The van der Waals surface area contributed by atoms with E-state index in [4.69, 9.17) is 4.74 Å². The molecule has 7 nitrogen and oxygen atoms in total. The highest BCUT2D eigenvalue weighted by molar-refractivity contribution is 7.09. The minimum atomic E-state index is -0.639. The lowest BCUT2D eigenvalue weighted by Gasteiger charge is -2.38. The van der Waals surface area contributed by atoms with Crippen LogP contribution in [0.15, 0.2) is 0 Å². The van der Waals surface area contributed by atoms with Crippen molar-refractivity contribution in [3.63, 3.8) is 0 Å². The van der Waals surface area contributed by atoms with Gasteiger partial charge in [-0.2, -0.15) is 4.37 Å². The third kappa shape index (κ3) is 4.95. The van der Waals surface area contributed by atoms with Gasteiger partial charge >= 0.3 is 0 Å². The summed E-state index contributed by atoms with van der Waals surface area (Å²) in [4.78, 5) is 21.7. The van der Waals surface area contributed by atoms with Crippen LogP contribution < -0.4 is 10.2 Å². The quantitative estimate of drug-likeness (QED) is 0.812. The van der Waals surface area contributed by atoms with Crippen molar-refractivity contribution in [3.05, 3.63) is 5.82 Å². The zero-order valence-electron chi connectivity index (χ0n) is 14.7. The highest BCUT2D eigenvalue weighted by Gasteiger charge is 2.42. The summed E-state index contributed by atoms with van der Waals surface area (Å²) < 4.78 is 9.94. The second kappa shape index (κ2) is 9.87. The van der Waals surface area contributed by atoms with Crippen LogP contribution in [0.3, 0.4) is 0 Å². The van der Waals surface area contributed by atoms with E-state index in [2.05, 4.69) is 19.6 Å². The molecular weight excluding hydrogens is 385 g/mol. The lowest BCUT2D eigenvalue weighted by molar-refractivity contribution is -0.158. The molecule has 2 saturated heterocycles. The van der Waals surface area contributed by atoms with E-state index < -0.39 is 5.60 Å². The molecule has 0 spiro atoms. The monoisotopic (exact) mass is 411 g/mol. The van der Waals surface area contributed by atoms with Crippen molar-refractivity contribution in [1.82, 2.24) is 19.6 Å². The summed E-state index contributed by atoms with van der Waals surface area (Å²) in [7, 11) is 1.66. The molecule has 144 valence electrons. The zero-order valence-corrected chi connectivity index (χ0v) is 17.1. The van der Waals surface area contributed by atoms with Crippen LogP contribution in [0.5, 0.6) is 0 Å². The number of hydrogen-bond donors (Lipinski definition) is 1. The zero-order chi connectivity index (χ0) is 16.3. The lowest BCUT2D eigenvalue weighted by atomic mass is 9.90. The fourth-order valence-corrected chi connectivity index (χ4v) is 4.08. The number of nitrogens with zero attached hydrogens (tertiary/aromatic N) is 4. The van der Waals surface area contributed by atoms with Crippen molar-refractivity contribution in [1.29, 1.82) is 0 Å². The van der Waals surface area contributed by atoms with Gasteiger partial charge in [0, 0.05) is 44.8 Å². The molecule has 1 aromatic heterocycles. The van der Waals surface area contributed by atoms with Crippen LogP contribution in [-0.2, 0) is 9.53 Å². The first-order valence-corrected chi connectivity index (χ1v) is 9.02. The molecule has 0 radical (unpaired) electrons. The van der Waals surface area contributed by atoms with Gasteiger partial charge in [0.2, 0.25) is 5.13 Å². The summed E-state index contributed by atoms with van der Waals surface area (Å²) in [5.74, 6) is 0.965. The topological polar surface area (TPSA) is 70.6 Å². The van der Waals surface area contributed by atoms with Crippen molar-refractivity contribution in [2.45, 2.75) is 31.8 Å². The first-order chi connectivity index (χ1) is 11.1. The average Bonchev–Trinajstić information content (AvgIpc) is 2.87. The van der Waals surface area contributed by atoms with Gasteiger partial charge in [-0.05, 0) is 39.3 Å². The van der Waals surface area contributed by atoms with Crippen molar-refractivity contribution >= 4 is 47.4 Å². The van der Waals surface area contributed by atoms with E-state index in [1.165, 1.54) is 11.5 Å². The summed E-state index contributed by atoms with van der Waals surface area (Å²) in [5.41, 5.74) is -0.639. The molecule has 0 atom stereocenters. The normalized spacial score (nSPS) is 20.2. The molecule has 0 aliphatic carbocycles. The van der Waals surface area contributed by atoms with E-state index >= 15 is 0 Å². The van der Waals surface area contributed by atoms with Crippen LogP contribution in [-0.4, -0.2) is 72.1 Å². The molecule has 1 aromatic rings. The number of aromatic nitrogens is 2. The fourth-order valence-electron chi connectivity index (χ4n) is 3.35. The van der Waals surface area contributed by atoms with E-state index in [1.54, 1.807) is 7.11 Å². The smallest absolute Gasteiger partial charge is 0.254 e. The number of piperidine rings is 1. The molecule has 2 fully saturated rings. The number of aryl methyl sites for hydroxylation is 1. The Kier molecular flexibility index (Phi) is 8.83. The molecule has 0 unspecified atom stereocenters. The fraction of sp³-hybridized carbons (Fsp3) is 0.800. The number of methoxy groups -OCH3 is 1. The second-order valence-electron chi connectivity index (χ2n) is 6.21. The third-order valence-electron chi connectivity index (χ3n) is 4.76. The molecule has 1 N–H and O–H groups in total. The standard InChI is InChI=1S/C15H25N5O2S.2ClH/c1-12-17-14(23-18-12)20-9-3-8-19(10-11-20)13(21)15(22-2)4-6-16-7-5-15;;/h16H,3-11H2,1-2H3;2*1H. The van der Waals surface area contributed by atoms with Gasteiger partial charge in [0.25, 0.3) is 5.91 Å². The molecule has 0 aromatic carbocycles. The van der Waals surface area contributed by atoms with Gasteiger partial charge < -0.3 is 19.9 Å². The van der Waals surface area contributed by atoms with E-state index in [9.17, 15) is 4.79 Å². The molecule has 2 aliphatic rings. The molecule has 3 rings (SSSR count). The first kappa shape index (κ1) is 22.4. The van der Waals surface area contributed by atoms with Crippen molar-refractivity contribution in [3.8, 4) is 0 Å². The molecule has 2 aliphatic heterocycles. The number of amides is 1. The van der Waals surface area contributed by atoms with Gasteiger partial charge in [0.15, 0.2) is 0 Å². The number of carbonyl (C=O) groups excluding carboxylic acids is 1. The summed E-state index contributed by atoms with van der Waals surface area (Å²) in [6.45, 7) is 6.81. The first-order valence-electron chi connectivity index (χ1n) is 8.25. The maximum Gasteiger partial charge on any atom is 0.254 e. The lowest BCUT2D eigenvalue weighted by Crippen LogP contribution is -2.55. The molecule has 0 bridgehead atoms. The Labute approximate surface area is 165 Å². The Morgan fingerprint density at radius 2 is 1.92 bits per heavy atom. The van der Waals surface area contributed by atoms with Gasteiger partial charge in [-0.1, -0.05) is 0 Å². The van der Waals surface area contributed by atoms with Crippen molar-refractivity contribution in [2.75, 3.05) is 51.3 Å².